The van der Waals surface area contributed by atoms with Crippen molar-refractivity contribution in [1.82, 2.24) is 20.2 Å². The summed E-state index contributed by atoms with van der Waals surface area (Å²) in [5.41, 5.74) is 2.96. The lowest BCUT2D eigenvalue weighted by Crippen LogP contribution is -2.44. The van der Waals surface area contributed by atoms with Crippen LogP contribution in [0.1, 0.15) is 41.6 Å². The lowest BCUT2D eigenvalue weighted by Gasteiger charge is -2.32. The van der Waals surface area contributed by atoms with Crippen LogP contribution in [0.5, 0.6) is 5.88 Å². The maximum atomic E-state index is 13.5. The molecule has 0 bridgehead atoms. The second-order valence-electron chi connectivity index (χ2n) is 9.19. The first-order chi connectivity index (χ1) is 16.6. The molecule has 0 atom stereocenters. The zero-order chi connectivity index (χ0) is 23.3. The first kappa shape index (κ1) is 22.5. The number of rotatable bonds is 8. The molecule has 0 radical (unpaired) electrons. The monoisotopic (exact) mass is 460 g/mol. The summed E-state index contributed by atoms with van der Waals surface area (Å²) in [5, 5.41) is 3.14. The van der Waals surface area contributed by atoms with Crippen LogP contribution in [0.4, 0.5) is 4.39 Å². The van der Waals surface area contributed by atoms with Gasteiger partial charge < -0.3 is 10.1 Å². The Morgan fingerprint density at radius 1 is 1.06 bits per heavy atom. The molecule has 1 aromatic carbocycles. The van der Waals surface area contributed by atoms with Gasteiger partial charge in [0.2, 0.25) is 5.88 Å². The number of hydrogen-bond acceptors (Lipinski definition) is 5. The summed E-state index contributed by atoms with van der Waals surface area (Å²) in [5.74, 6) is 1.01. The second kappa shape index (κ2) is 10.3. The van der Waals surface area contributed by atoms with Crippen molar-refractivity contribution in [2.75, 3.05) is 19.7 Å². The van der Waals surface area contributed by atoms with Gasteiger partial charge in [0.15, 0.2) is 0 Å². The van der Waals surface area contributed by atoms with Crippen LogP contribution >= 0.6 is 0 Å². The number of likely N-dealkylation sites (tertiary alicyclic amines) is 1. The highest BCUT2D eigenvalue weighted by Gasteiger charge is 2.24. The molecule has 6 nitrogen and oxygen atoms in total. The Morgan fingerprint density at radius 3 is 2.65 bits per heavy atom. The summed E-state index contributed by atoms with van der Waals surface area (Å²) in [7, 11) is 0. The highest BCUT2D eigenvalue weighted by atomic mass is 19.1. The van der Waals surface area contributed by atoms with Gasteiger partial charge in [-0.15, -0.1) is 0 Å². The predicted molar refractivity (Wildman–Crippen MR) is 128 cm³/mol. The third kappa shape index (κ3) is 5.78. The summed E-state index contributed by atoms with van der Waals surface area (Å²) < 4.78 is 19.4. The van der Waals surface area contributed by atoms with E-state index in [-0.39, 0.29) is 17.8 Å². The average molecular weight is 461 g/mol. The number of benzene rings is 1. The number of hydrogen-bond donors (Lipinski definition) is 1. The van der Waals surface area contributed by atoms with Gasteiger partial charge in [0.25, 0.3) is 5.91 Å². The minimum Gasteiger partial charge on any atom is -0.477 e. The summed E-state index contributed by atoms with van der Waals surface area (Å²) in [6.45, 7) is 3.37. The number of halogens is 1. The Hall–Kier alpha value is -3.32. The van der Waals surface area contributed by atoms with E-state index in [0.29, 0.717) is 22.7 Å². The quantitative estimate of drug-likeness (QED) is 0.537. The topological polar surface area (TPSA) is 67.4 Å². The van der Waals surface area contributed by atoms with E-state index in [1.165, 1.54) is 25.0 Å². The molecular formula is C27H29FN4O2. The van der Waals surface area contributed by atoms with Crippen LogP contribution in [0, 0.1) is 11.7 Å². The zero-order valence-electron chi connectivity index (χ0n) is 19.1. The Kier molecular flexibility index (Phi) is 6.81. The molecule has 2 aliphatic rings. The number of nitrogens with one attached hydrogen (secondary N) is 1. The number of piperidine rings is 1. The molecule has 0 spiro atoms. The van der Waals surface area contributed by atoms with Crippen LogP contribution in [0.2, 0.25) is 0 Å². The zero-order valence-corrected chi connectivity index (χ0v) is 19.1. The molecule has 2 aromatic heterocycles. The number of amides is 1. The van der Waals surface area contributed by atoms with Crippen LogP contribution in [0.3, 0.4) is 0 Å². The van der Waals surface area contributed by atoms with Crippen molar-refractivity contribution in [2.45, 2.75) is 38.3 Å². The molecule has 34 heavy (non-hydrogen) atoms. The van der Waals surface area contributed by atoms with E-state index in [1.807, 2.05) is 6.07 Å². The van der Waals surface area contributed by atoms with Gasteiger partial charge in [-0.3, -0.25) is 14.7 Å². The Labute approximate surface area is 199 Å². The first-order valence-corrected chi connectivity index (χ1v) is 12.0. The lowest BCUT2D eigenvalue weighted by atomic mass is 10.0. The molecule has 1 aliphatic heterocycles. The average Bonchev–Trinajstić information content (AvgIpc) is 3.69. The van der Waals surface area contributed by atoms with Crippen LogP contribution in [-0.2, 0) is 6.54 Å². The van der Waals surface area contributed by atoms with Gasteiger partial charge in [-0.1, -0.05) is 18.2 Å². The molecule has 2 fully saturated rings. The number of pyridine rings is 2. The summed E-state index contributed by atoms with van der Waals surface area (Å²) in [4.78, 5) is 23.9. The first-order valence-electron chi connectivity index (χ1n) is 12.0. The standard InChI is InChI=1S/C27H29FN4O2/c28-23-5-1-3-20(15-23)25-9-8-21(16-30-25)26(33)31-24-10-13-32(14-11-24)17-22-4-2-12-29-27(22)34-18-19-6-7-19/h1-5,8-9,12,15-16,19,24H,6-7,10-11,13-14,17-18H2,(H,31,33). The molecule has 1 amide bonds. The molecule has 1 aliphatic carbocycles. The molecule has 176 valence electrons. The third-order valence-corrected chi connectivity index (χ3v) is 6.47. The largest absolute Gasteiger partial charge is 0.477 e. The normalized spacial score (nSPS) is 16.9. The Bertz CT molecular complexity index is 1130. The van der Waals surface area contributed by atoms with Crippen molar-refractivity contribution in [3.63, 3.8) is 0 Å². The minimum absolute atomic E-state index is 0.125. The van der Waals surface area contributed by atoms with Crippen molar-refractivity contribution in [1.29, 1.82) is 0 Å². The second-order valence-corrected chi connectivity index (χ2v) is 9.19. The van der Waals surface area contributed by atoms with E-state index < -0.39 is 0 Å². The van der Waals surface area contributed by atoms with Gasteiger partial charge in [-0.05, 0) is 61.9 Å². The molecule has 1 N–H and O–H groups in total. The Balaban J connectivity index is 1.11. The number of aromatic nitrogens is 2. The van der Waals surface area contributed by atoms with Gasteiger partial charge in [-0.2, -0.15) is 0 Å². The molecule has 1 saturated carbocycles. The van der Waals surface area contributed by atoms with E-state index in [9.17, 15) is 9.18 Å². The van der Waals surface area contributed by atoms with Crippen LogP contribution < -0.4 is 10.1 Å². The molecule has 3 aromatic rings. The smallest absolute Gasteiger partial charge is 0.253 e. The van der Waals surface area contributed by atoms with E-state index in [1.54, 1.807) is 36.7 Å². The van der Waals surface area contributed by atoms with E-state index in [2.05, 4.69) is 26.3 Å². The van der Waals surface area contributed by atoms with E-state index >= 15 is 0 Å². The predicted octanol–water partition coefficient (Wildman–Crippen LogP) is 4.47. The number of ether oxygens (including phenoxy) is 1. The van der Waals surface area contributed by atoms with Crippen molar-refractivity contribution < 1.29 is 13.9 Å². The van der Waals surface area contributed by atoms with Crippen molar-refractivity contribution in [3.05, 3.63) is 77.9 Å². The number of carbonyl (C=O) groups excluding carboxylic acids is 1. The Morgan fingerprint density at radius 2 is 1.91 bits per heavy atom. The molecule has 1 saturated heterocycles. The van der Waals surface area contributed by atoms with Gasteiger partial charge in [-0.25, -0.2) is 9.37 Å². The van der Waals surface area contributed by atoms with Crippen molar-refractivity contribution >= 4 is 5.91 Å². The highest BCUT2D eigenvalue weighted by Crippen LogP contribution is 2.30. The molecule has 3 heterocycles. The summed E-state index contributed by atoms with van der Waals surface area (Å²) in [6, 6.07) is 13.9. The van der Waals surface area contributed by atoms with Crippen LogP contribution in [0.15, 0.2) is 60.9 Å². The molecule has 5 rings (SSSR count). The van der Waals surface area contributed by atoms with Crippen molar-refractivity contribution in [2.24, 2.45) is 5.92 Å². The molecule has 7 heteroatoms. The summed E-state index contributed by atoms with van der Waals surface area (Å²) >= 11 is 0. The van der Waals surface area contributed by atoms with Gasteiger partial charge in [0.05, 0.1) is 17.9 Å². The molecular weight excluding hydrogens is 431 g/mol. The van der Waals surface area contributed by atoms with Crippen LogP contribution in [0.25, 0.3) is 11.3 Å². The fourth-order valence-corrected chi connectivity index (χ4v) is 4.25. The summed E-state index contributed by atoms with van der Waals surface area (Å²) in [6.07, 6.45) is 7.63. The van der Waals surface area contributed by atoms with Gasteiger partial charge in [0.1, 0.15) is 5.82 Å². The van der Waals surface area contributed by atoms with Gasteiger partial charge in [0, 0.05) is 49.2 Å². The number of carbonyl (C=O) groups is 1. The number of nitrogens with zero attached hydrogens (tertiary/aromatic N) is 3. The van der Waals surface area contributed by atoms with Crippen molar-refractivity contribution in [3.8, 4) is 17.1 Å². The maximum Gasteiger partial charge on any atom is 0.253 e. The highest BCUT2D eigenvalue weighted by molar-refractivity contribution is 5.94. The van der Waals surface area contributed by atoms with E-state index in [0.717, 1.165) is 50.5 Å². The SMILES string of the molecule is O=C(NC1CCN(Cc2cccnc2OCC2CC2)CC1)c1ccc(-c2cccc(F)c2)nc1. The fourth-order valence-electron chi connectivity index (χ4n) is 4.25. The fraction of sp³-hybridized carbons (Fsp3) is 0.370. The van der Waals surface area contributed by atoms with E-state index in [4.69, 9.17) is 4.74 Å². The third-order valence-electron chi connectivity index (χ3n) is 6.47. The van der Waals surface area contributed by atoms with Crippen LogP contribution in [-0.4, -0.2) is 46.5 Å². The minimum atomic E-state index is -0.307. The lowest BCUT2D eigenvalue weighted by molar-refractivity contribution is 0.0908. The molecule has 0 unspecified atom stereocenters. The van der Waals surface area contributed by atoms with Gasteiger partial charge >= 0.3 is 0 Å². The maximum absolute atomic E-state index is 13.5.